The summed E-state index contributed by atoms with van der Waals surface area (Å²) in [4.78, 5) is 5.25. The van der Waals surface area contributed by atoms with Gasteiger partial charge in [-0.2, -0.15) is 0 Å². The van der Waals surface area contributed by atoms with Crippen LogP contribution in [0.4, 0.5) is 0 Å². The van der Waals surface area contributed by atoms with Crippen molar-refractivity contribution in [3.63, 3.8) is 0 Å². The molecule has 0 saturated carbocycles. The number of aryl methyl sites for hydroxylation is 2. The van der Waals surface area contributed by atoms with Crippen molar-refractivity contribution in [1.29, 1.82) is 0 Å². The minimum atomic E-state index is -0.297. The highest BCUT2D eigenvalue weighted by Gasteiger charge is 2.11. The molecule has 0 saturated heterocycles. The first-order valence-corrected chi connectivity index (χ1v) is 10.2. The number of benzene rings is 1. The van der Waals surface area contributed by atoms with Gasteiger partial charge in [0.15, 0.2) is 0 Å². The third kappa shape index (κ3) is 10.2. The lowest BCUT2D eigenvalue weighted by atomic mass is 10.0. The van der Waals surface area contributed by atoms with Crippen LogP contribution in [0.5, 0.6) is 11.5 Å². The van der Waals surface area contributed by atoms with E-state index in [0.717, 1.165) is 35.5 Å². The maximum absolute atomic E-state index is 6.00. The molecule has 0 bridgehead atoms. The fourth-order valence-corrected chi connectivity index (χ4v) is 2.41. The Labute approximate surface area is 178 Å². The van der Waals surface area contributed by atoms with Crippen LogP contribution in [0.3, 0.4) is 0 Å². The second-order valence-electron chi connectivity index (χ2n) is 7.00. The zero-order valence-corrected chi connectivity index (χ0v) is 18.9. The Bertz CT molecular complexity index is 625. The predicted octanol–water partition coefficient (Wildman–Crippen LogP) is 5.71. The van der Waals surface area contributed by atoms with Gasteiger partial charge in [0.25, 0.3) is 0 Å². The SMILES string of the molecule is CCc1cc(OCC=C(Cl)Cl)cc(CC)c1OCCOCC=NOC(C)(C)C. The minimum absolute atomic E-state index is 0.196. The number of halogens is 2. The van der Waals surface area contributed by atoms with E-state index in [-0.39, 0.29) is 10.1 Å². The molecule has 5 nitrogen and oxygen atoms in total. The maximum atomic E-state index is 6.00. The van der Waals surface area contributed by atoms with Crippen LogP contribution in [0.2, 0.25) is 0 Å². The predicted molar refractivity (Wildman–Crippen MR) is 116 cm³/mol. The lowest BCUT2D eigenvalue weighted by Crippen LogP contribution is -2.16. The van der Waals surface area contributed by atoms with Gasteiger partial charge in [-0.05, 0) is 62.9 Å². The van der Waals surface area contributed by atoms with Gasteiger partial charge in [-0.15, -0.1) is 0 Å². The quantitative estimate of drug-likeness (QED) is 0.241. The van der Waals surface area contributed by atoms with E-state index in [0.29, 0.717) is 26.4 Å². The molecule has 1 aromatic rings. The summed E-state index contributed by atoms with van der Waals surface area (Å²) < 4.78 is 17.4. The number of hydrogen-bond acceptors (Lipinski definition) is 5. The molecule has 158 valence electrons. The lowest BCUT2D eigenvalue weighted by Gasteiger charge is -2.17. The molecular formula is C21H31Cl2NO4. The monoisotopic (exact) mass is 431 g/mol. The summed E-state index contributed by atoms with van der Waals surface area (Å²) >= 11 is 11.2. The second-order valence-corrected chi connectivity index (χ2v) is 8.01. The minimum Gasteiger partial charge on any atom is -0.491 e. The van der Waals surface area contributed by atoms with Crippen LogP contribution in [0.1, 0.15) is 45.7 Å². The van der Waals surface area contributed by atoms with Crippen molar-refractivity contribution in [3.8, 4) is 11.5 Å². The normalized spacial score (nSPS) is 11.5. The van der Waals surface area contributed by atoms with Gasteiger partial charge in [0.2, 0.25) is 0 Å². The van der Waals surface area contributed by atoms with E-state index in [2.05, 4.69) is 19.0 Å². The van der Waals surface area contributed by atoms with E-state index in [1.165, 1.54) is 0 Å². The zero-order chi connectivity index (χ0) is 21.0. The van der Waals surface area contributed by atoms with Crippen molar-refractivity contribution in [2.75, 3.05) is 26.4 Å². The molecule has 0 amide bonds. The summed E-state index contributed by atoms with van der Waals surface area (Å²) in [5.74, 6) is 1.68. The van der Waals surface area contributed by atoms with E-state index in [1.807, 2.05) is 32.9 Å². The van der Waals surface area contributed by atoms with Gasteiger partial charge in [-0.1, -0.05) is 42.2 Å². The number of nitrogens with zero attached hydrogens (tertiary/aromatic N) is 1. The van der Waals surface area contributed by atoms with E-state index in [4.69, 9.17) is 42.3 Å². The van der Waals surface area contributed by atoms with Crippen LogP contribution in [0.15, 0.2) is 27.9 Å². The number of hydrogen-bond donors (Lipinski definition) is 0. The molecule has 0 radical (unpaired) electrons. The summed E-state index contributed by atoms with van der Waals surface area (Å²) in [6, 6.07) is 3.98. The van der Waals surface area contributed by atoms with Crippen molar-refractivity contribution in [3.05, 3.63) is 33.8 Å². The topological polar surface area (TPSA) is 49.3 Å². The van der Waals surface area contributed by atoms with Crippen molar-refractivity contribution in [2.24, 2.45) is 5.16 Å². The maximum Gasteiger partial charge on any atom is 0.129 e. The molecule has 7 heteroatoms. The smallest absolute Gasteiger partial charge is 0.129 e. The molecule has 0 unspecified atom stereocenters. The Morgan fingerprint density at radius 1 is 1.00 bits per heavy atom. The van der Waals surface area contributed by atoms with Crippen LogP contribution < -0.4 is 9.47 Å². The second kappa shape index (κ2) is 12.9. The van der Waals surface area contributed by atoms with Gasteiger partial charge in [-0.3, -0.25) is 0 Å². The van der Waals surface area contributed by atoms with E-state index in [9.17, 15) is 0 Å². The molecule has 0 heterocycles. The molecular weight excluding hydrogens is 401 g/mol. The third-order valence-corrected chi connectivity index (χ3v) is 3.84. The van der Waals surface area contributed by atoms with Crippen molar-refractivity contribution in [1.82, 2.24) is 0 Å². The van der Waals surface area contributed by atoms with Crippen molar-refractivity contribution < 1.29 is 19.0 Å². The summed E-state index contributed by atoms with van der Waals surface area (Å²) in [5.41, 5.74) is 1.89. The van der Waals surface area contributed by atoms with E-state index in [1.54, 1.807) is 12.3 Å². The van der Waals surface area contributed by atoms with Gasteiger partial charge < -0.3 is 19.0 Å². The Balaban J connectivity index is 2.56. The molecule has 0 fully saturated rings. The number of ether oxygens (including phenoxy) is 3. The molecule has 0 atom stereocenters. The summed E-state index contributed by atoms with van der Waals surface area (Å²) in [5, 5.41) is 3.87. The fraction of sp³-hybridized carbons (Fsp3) is 0.571. The van der Waals surface area contributed by atoms with Crippen LogP contribution >= 0.6 is 23.2 Å². The summed E-state index contributed by atoms with van der Waals surface area (Å²) in [6.07, 6.45) is 4.89. The van der Waals surface area contributed by atoms with Crippen LogP contribution in [-0.2, 0) is 22.4 Å². The van der Waals surface area contributed by atoms with Crippen LogP contribution in [0.25, 0.3) is 0 Å². The standard InChI is InChI=1S/C21H31Cl2NO4/c1-6-16-14-18(26-10-8-19(22)23)15-17(7-2)20(16)27-13-12-25-11-9-24-28-21(3,4)5/h8-9,14-15H,6-7,10-13H2,1-5H3. The molecule has 0 spiro atoms. The third-order valence-electron chi connectivity index (χ3n) is 3.53. The highest BCUT2D eigenvalue weighted by molar-refractivity contribution is 6.55. The number of rotatable bonds is 12. The molecule has 1 aromatic carbocycles. The zero-order valence-electron chi connectivity index (χ0n) is 17.4. The Hall–Kier alpha value is -1.43. The van der Waals surface area contributed by atoms with Crippen molar-refractivity contribution >= 4 is 29.4 Å². The fourth-order valence-electron chi connectivity index (χ4n) is 2.28. The average molecular weight is 432 g/mol. The first kappa shape index (κ1) is 24.6. The van der Waals surface area contributed by atoms with Gasteiger partial charge in [0.1, 0.15) is 34.8 Å². The van der Waals surface area contributed by atoms with E-state index >= 15 is 0 Å². The first-order chi connectivity index (χ1) is 13.3. The van der Waals surface area contributed by atoms with Gasteiger partial charge in [0, 0.05) is 0 Å². The van der Waals surface area contributed by atoms with Gasteiger partial charge in [-0.25, -0.2) is 0 Å². The molecule has 0 aliphatic rings. The van der Waals surface area contributed by atoms with Crippen LogP contribution in [-0.4, -0.2) is 38.2 Å². The van der Waals surface area contributed by atoms with E-state index < -0.39 is 0 Å². The highest BCUT2D eigenvalue weighted by atomic mass is 35.5. The Morgan fingerprint density at radius 3 is 2.18 bits per heavy atom. The molecule has 0 aliphatic carbocycles. The summed E-state index contributed by atoms with van der Waals surface area (Å²) in [7, 11) is 0. The van der Waals surface area contributed by atoms with Gasteiger partial charge in [0.05, 0.1) is 19.4 Å². The summed E-state index contributed by atoms with van der Waals surface area (Å²) in [6.45, 7) is 11.6. The van der Waals surface area contributed by atoms with Gasteiger partial charge >= 0.3 is 0 Å². The molecule has 0 N–H and O–H groups in total. The first-order valence-electron chi connectivity index (χ1n) is 9.47. The lowest BCUT2D eigenvalue weighted by molar-refractivity contribution is 0.000526. The Kier molecular flexibility index (Phi) is 11.4. The highest BCUT2D eigenvalue weighted by Crippen LogP contribution is 2.31. The number of oxime groups is 1. The molecule has 1 rings (SSSR count). The average Bonchev–Trinajstić information content (AvgIpc) is 2.62. The molecule has 28 heavy (non-hydrogen) atoms. The molecule has 0 aromatic heterocycles. The molecule has 0 aliphatic heterocycles. The van der Waals surface area contributed by atoms with Crippen LogP contribution in [0, 0.1) is 0 Å². The largest absolute Gasteiger partial charge is 0.491 e. The Morgan fingerprint density at radius 2 is 1.64 bits per heavy atom. The van der Waals surface area contributed by atoms with Crippen molar-refractivity contribution in [2.45, 2.75) is 53.1 Å².